The summed E-state index contributed by atoms with van der Waals surface area (Å²) in [5.41, 5.74) is 1.11. The number of benzene rings is 1. The van der Waals surface area contributed by atoms with E-state index in [9.17, 15) is 0 Å². The van der Waals surface area contributed by atoms with E-state index < -0.39 is 0 Å². The first-order valence-corrected chi connectivity index (χ1v) is 7.62. The molecule has 0 aliphatic heterocycles. The van der Waals surface area contributed by atoms with E-state index in [1.807, 2.05) is 49.9 Å². The third-order valence-corrected chi connectivity index (χ3v) is 3.65. The summed E-state index contributed by atoms with van der Waals surface area (Å²) < 4.78 is 5.66. The molecule has 0 amide bonds. The van der Waals surface area contributed by atoms with Gasteiger partial charge in [0.25, 0.3) is 0 Å². The van der Waals surface area contributed by atoms with E-state index in [4.69, 9.17) is 4.74 Å². The molecule has 0 fully saturated rings. The molecule has 0 radical (unpaired) electrons. The van der Waals surface area contributed by atoms with Crippen molar-refractivity contribution in [3.8, 4) is 5.75 Å². The van der Waals surface area contributed by atoms with Crippen molar-refractivity contribution in [3.63, 3.8) is 0 Å². The first-order chi connectivity index (χ1) is 9.74. The van der Waals surface area contributed by atoms with Gasteiger partial charge in [-0.15, -0.1) is 11.3 Å². The Labute approximate surface area is 124 Å². The van der Waals surface area contributed by atoms with E-state index in [0.29, 0.717) is 6.61 Å². The van der Waals surface area contributed by atoms with E-state index in [-0.39, 0.29) is 0 Å². The van der Waals surface area contributed by atoms with Crippen LogP contribution in [0.3, 0.4) is 0 Å². The maximum Gasteiger partial charge on any atom is 0.119 e. The lowest BCUT2D eigenvalue weighted by molar-refractivity contribution is 0.261. The van der Waals surface area contributed by atoms with Gasteiger partial charge in [0.15, 0.2) is 0 Å². The van der Waals surface area contributed by atoms with E-state index in [1.54, 1.807) is 11.3 Å². The van der Waals surface area contributed by atoms with Crippen LogP contribution in [-0.2, 0) is 6.42 Å². The van der Waals surface area contributed by atoms with Crippen LogP contribution in [0.5, 0.6) is 5.75 Å². The molecule has 108 valence electrons. The molecule has 0 aliphatic rings. The van der Waals surface area contributed by atoms with Crippen molar-refractivity contribution in [2.45, 2.75) is 6.42 Å². The Morgan fingerprint density at radius 3 is 2.70 bits per heavy atom. The van der Waals surface area contributed by atoms with Gasteiger partial charge in [-0.05, 0) is 38.4 Å². The standard InChI is InChI=1S/C15H21N3OS/c1-18(2)10-11-19-14-5-3-13(4-6-14)16-8-7-15-17-9-12-20-15/h3-6,9,12,16H,7-8,10-11H2,1-2H3. The number of likely N-dealkylation sites (N-methyl/N-ethyl adjacent to an activating group) is 1. The molecule has 0 atom stereocenters. The number of nitrogens with one attached hydrogen (secondary N) is 1. The molecule has 4 nitrogen and oxygen atoms in total. The van der Waals surface area contributed by atoms with E-state index in [1.165, 1.54) is 5.01 Å². The molecule has 5 heteroatoms. The summed E-state index contributed by atoms with van der Waals surface area (Å²) in [4.78, 5) is 6.37. The first kappa shape index (κ1) is 14.8. The van der Waals surface area contributed by atoms with Crippen LogP contribution in [-0.4, -0.2) is 43.7 Å². The van der Waals surface area contributed by atoms with Crippen molar-refractivity contribution in [2.75, 3.05) is 39.1 Å². The number of aromatic nitrogens is 1. The van der Waals surface area contributed by atoms with Gasteiger partial charge in [0, 0.05) is 36.8 Å². The molecule has 1 aromatic carbocycles. The lowest BCUT2D eigenvalue weighted by Crippen LogP contribution is -2.19. The van der Waals surface area contributed by atoms with Gasteiger partial charge in [0.05, 0.1) is 5.01 Å². The van der Waals surface area contributed by atoms with Gasteiger partial charge in [-0.2, -0.15) is 0 Å². The molecule has 20 heavy (non-hydrogen) atoms. The van der Waals surface area contributed by atoms with Crippen LogP contribution < -0.4 is 10.1 Å². The third kappa shape index (κ3) is 5.19. The van der Waals surface area contributed by atoms with Crippen LogP contribution in [0, 0.1) is 0 Å². The summed E-state index contributed by atoms with van der Waals surface area (Å²) in [6, 6.07) is 8.10. The zero-order valence-corrected chi connectivity index (χ0v) is 12.8. The second-order valence-corrected chi connectivity index (χ2v) is 5.76. The molecular weight excluding hydrogens is 270 g/mol. The summed E-state index contributed by atoms with van der Waals surface area (Å²) >= 11 is 1.70. The third-order valence-electron chi connectivity index (χ3n) is 2.81. The molecule has 0 aliphatic carbocycles. The quantitative estimate of drug-likeness (QED) is 0.811. The molecule has 2 rings (SSSR count). The average Bonchev–Trinajstić information content (AvgIpc) is 2.93. The van der Waals surface area contributed by atoms with Crippen molar-refractivity contribution in [1.82, 2.24) is 9.88 Å². The van der Waals surface area contributed by atoms with Gasteiger partial charge in [-0.1, -0.05) is 0 Å². The molecule has 0 unspecified atom stereocenters. The topological polar surface area (TPSA) is 37.4 Å². The van der Waals surface area contributed by atoms with Gasteiger partial charge >= 0.3 is 0 Å². The highest BCUT2D eigenvalue weighted by Crippen LogP contribution is 2.15. The minimum Gasteiger partial charge on any atom is -0.492 e. The predicted molar refractivity (Wildman–Crippen MR) is 84.8 cm³/mol. The number of ether oxygens (including phenoxy) is 1. The molecule has 0 spiro atoms. The predicted octanol–water partition coefficient (Wildman–Crippen LogP) is 2.74. The second kappa shape index (κ2) is 7.87. The fourth-order valence-electron chi connectivity index (χ4n) is 1.71. The van der Waals surface area contributed by atoms with Crippen molar-refractivity contribution >= 4 is 17.0 Å². The number of hydrogen-bond donors (Lipinski definition) is 1. The van der Waals surface area contributed by atoms with E-state index >= 15 is 0 Å². The molecule has 2 aromatic rings. The van der Waals surface area contributed by atoms with Gasteiger partial charge in [0.2, 0.25) is 0 Å². The Bertz CT molecular complexity index is 482. The maximum atomic E-state index is 5.66. The summed E-state index contributed by atoms with van der Waals surface area (Å²) in [5, 5.41) is 6.56. The maximum absolute atomic E-state index is 5.66. The van der Waals surface area contributed by atoms with E-state index in [0.717, 1.165) is 30.9 Å². The van der Waals surface area contributed by atoms with Gasteiger partial charge in [0.1, 0.15) is 12.4 Å². The van der Waals surface area contributed by atoms with Crippen LogP contribution >= 0.6 is 11.3 Å². The van der Waals surface area contributed by atoms with Crippen molar-refractivity contribution in [1.29, 1.82) is 0 Å². The zero-order chi connectivity index (χ0) is 14.2. The summed E-state index contributed by atoms with van der Waals surface area (Å²) in [6.45, 7) is 2.53. The SMILES string of the molecule is CN(C)CCOc1ccc(NCCc2nccs2)cc1. The molecule has 0 bridgehead atoms. The number of rotatable bonds is 8. The van der Waals surface area contributed by atoms with Gasteiger partial charge < -0.3 is 15.0 Å². The van der Waals surface area contributed by atoms with E-state index in [2.05, 4.69) is 15.2 Å². The highest BCUT2D eigenvalue weighted by molar-refractivity contribution is 7.09. The second-order valence-electron chi connectivity index (χ2n) is 4.78. The van der Waals surface area contributed by atoms with Crippen LogP contribution in [0.25, 0.3) is 0 Å². The number of anilines is 1. The molecule has 0 saturated carbocycles. The van der Waals surface area contributed by atoms with Crippen LogP contribution in [0.4, 0.5) is 5.69 Å². The summed E-state index contributed by atoms with van der Waals surface area (Å²) in [7, 11) is 4.08. The normalized spacial score (nSPS) is 10.8. The van der Waals surface area contributed by atoms with Crippen LogP contribution in [0.1, 0.15) is 5.01 Å². The molecule has 1 heterocycles. The molecular formula is C15H21N3OS. The van der Waals surface area contributed by atoms with Crippen molar-refractivity contribution in [2.24, 2.45) is 0 Å². The minimum absolute atomic E-state index is 0.712. The average molecular weight is 291 g/mol. The molecule has 1 aromatic heterocycles. The Morgan fingerprint density at radius 2 is 2.05 bits per heavy atom. The highest BCUT2D eigenvalue weighted by Gasteiger charge is 1.98. The minimum atomic E-state index is 0.712. The molecule has 1 N–H and O–H groups in total. The lowest BCUT2D eigenvalue weighted by Gasteiger charge is -2.11. The molecule has 0 saturated heterocycles. The largest absolute Gasteiger partial charge is 0.492 e. The fraction of sp³-hybridized carbons (Fsp3) is 0.400. The first-order valence-electron chi connectivity index (χ1n) is 6.74. The van der Waals surface area contributed by atoms with Crippen LogP contribution in [0.2, 0.25) is 0 Å². The Balaban J connectivity index is 1.71. The van der Waals surface area contributed by atoms with Crippen LogP contribution in [0.15, 0.2) is 35.8 Å². The zero-order valence-electron chi connectivity index (χ0n) is 12.0. The Morgan fingerprint density at radius 1 is 1.25 bits per heavy atom. The monoisotopic (exact) mass is 291 g/mol. The van der Waals surface area contributed by atoms with Gasteiger partial charge in [-0.3, -0.25) is 0 Å². The Kier molecular flexibility index (Phi) is 5.83. The van der Waals surface area contributed by atoms with Crippen molar-refractivity contribution in [3.05, 3.63) is 40.8 Å². The number of hydrogen-bond acceptors (Lipinski definition) is 5. The Hall–Kier alpha value is -1.59. The van der Waals surface area contributed by atoms with Gasteiger partial charge in [-0.25, -0.2) is 4.98 Å². The number of thiazole rings is 1. The number of nitrogens with zero attached hydrogens (tertiary/aromatic N) is 2. The van der Waals surface area contributed by atoms with Crippen molar-refractivity contribution < 1.29 is 4.74 Å². The fourth-order valence-corrected chi connectivity index (χ4v) is 2.33. The highest BCUT2D eigenvalue weighted by atomic mass is 32.1. The summed E-state index contributed by atoms with van der Waals surface area (Å²) in [6.07, 6.45) is 2.80. The summed E-state index contributed by atoms with van der Waals surface area (Å²) in [5.74, 6) is 0.914. The smallest absolute Gasteiger partial charge is 0.119 e. The lowest BCUT2D eigenvalue weighted by atomic mass is 10.3.